The average molecular weight is 521 g/mol. The van der Waals surface area contributed by atoms with Crippen LogP contribution in [0.2, 0.25) is 0 Å². The fourth-order valence-electron chi connectivity index (χ4n) is 5.31. The van der Waals surface area contributed by atoms with Gasteiger partial charge in [0.25, 0.3) is 5.91 Å². The van der Waals surface area contributed by atoms with Gasteiger partial charge in [0.2, 0.25) is 5.95 Å². The van der Waals surface area contributed by atoms with Crippen LogP contribution in [0.1, 0.15) is 40.4 Å². The van der Waals surface area contributed by atoms with Gasteiger partial charge in [0.05, 0.1) is 43.0 Å². The van der Waals surface area contributed by atoms with Crippen molar-refractivity contribution in [2.45, 2.75) is 31.0 Å². The van der Waals surface area contributed by atoms with Crippen LogP contribution in [0.3, 0.4) is 0 Å². The first-order valence-corrected chi connectivity index (χ1v) is 12.3. The molecule has 4 aromatic rings. The quantitative estimate of drug-likeness (QED) is 0.383. The number of aryl methyl sites for hydroxylation is 1. The Bertz CT molecular complexity index is 1530. The maximum atomic E-state index is 15.0. The van der Waals surface area contributed by atoms with E-state index in [-0.39, 0.29) is 28.8 Å². The van der Waals surface area contributed by atoms with Crippen LogP contribution in [0.4, 0.5) is 14.7 Å². The molecule has 2 bridgehead atoms. The number of ether oxygens (including phenoxy) is 2. The molecular formula is C27H26F2N6O3. The molecule has 2 fully saturated rings. The summed E-state index contributed by atoms with van der Waals surface area (Å²) >= 11 is 0. The fourth-order valence-corrected chi connectivity index (χ4v) is 5.31. The van der Waals surface area contributed by atoms with Crippen LogP contribution in [0, 0.1) is 17.6 Å². The highest BCUT2D eigenvalue weighted by atomic mass is 19.1. The average Bonchev–Trinajstić information content (AvgIpc) is 3.64. The standard InChI is InChI=1S/C27H26F2N6O3/c1-35-12-17(10-31-35)25(14-3-4-24(37-2)21(29)6-14)34-26(36)15-7-20(28)19-11-30-27(33-23(19)8-15)32-22-9-18-5-16(22)13-38-18/h3-4,6-8,10-12,16,18,22,25H,5,9,13H2,1-2H3,(H,34,36)(H,30,32,33)/t16?,18-,22?,25?/m0/s1. The molecule has 9 nitrogen and oxygen atoms in total. The first kappa shape index (κ1) is 24.2. The zero-order valence-corrected chi connectivity index (χ0v) is 20.8. The molecule has 0 spiro atoms. The van der Waals surface area contributed by atoms with E-state index in [4.69, 9.17) is 9.47 Å². The molecule has 11 heteroatoms. The van der Waals surface area contributed by atoms with Crippen molar-refractivity contribution in [3.63, 3.8) is 0 Å². The number of hydrogen-bond donors (Lipinski definition) is 2. The number of benzene rings is 2. The number of nitrogens with zero attached hydrogens (tertiary/aromatic N) is 4. The molecule has 2 aromatic heterocycles. The summed E-state index contributed by atoms with van der Waals surface area (Å²) in [5.74, 6) is -0.850. The molecule has 1 aliphatic carbocycles. The summed E-state index contributed by atoms with van der Waals surface area (Å²) < 4.78 is 41.8. The maximum Gasteiger partial charge on any atom is 0.252 e. The van der Waals surface area contributed by atoms with E-state index < -0.39 is 23.6 Å². The number of amides is 1. The Morgan fingerprint density at radius 2 is 2.03 bits per heavy atom. The van der Waals surface area contributed by atoms with Gasteiger partial charge in [-0.05, 0) is 42.7 Å². The summed E-state index contributed by atoms with van der Waals surface area (Å²) in [7, 11) is 3.12. The Labute approximate surface area is 217 Å². The van der Waals surface area contributed by atoms with Crippen LogP contribution in [0.15, 0.2) is 48.9 Å². The van der Waals surface area contributed by atoms with E-state index in [9.17, 15) is 9.18 Å². The summed E-state index contributed by atoms with van der Waals surface area (Å²) in [6.07, 6.45) is 6.88. The molecule has 2 N–H and O–H groups in total. The third-order valence-electron chi connectivity index (χ3n) is 7.27. The Morgan fingerprint density at radius 1 is 1.16 bits per heavy atom. The SMILES string of the molecule is COc1ccc(C(NC(=O)c2cc(F)c3cnc(NC4C[C@@H]5CC4CO5)nc3c2)c2cnn(C)c2)cc1F. The van der Waals surface area contributed by atoms with Gasteiger partial charge in [-0.3, -0.25) is 9.48 Å². The number of carbonyl (C=O) groups is 1. The molecule has 1 saturated heterocycles. The molecule has 2 aromatic carbocycles. The monoisotopic (exact) mass is 520 g/mol. The number of fused-ring (bicyclic) bond motifs is 3. The second-order valence-corrected chi connectivity index (χ2v) is 9.77. The molecule has 38 heavy (non-hydrogen) atoms. The van der Waals surface area contributed by atoms with E-state index in [1.165, 1.54) is 31.5 Å². The number of anilines is 1. The third-order valence-corrected chi connectivity index (χ3v) is 7.27. The first-order valence-electron chi connectivity index (χ1n) is 12.3. The highest BCUT2D eigenvalue weighted by Gasteiger charge is 2.41. The topological polar surface area (TPSA) is 103 Å². The summed E-state index contributed by atoms with van der Waals surface area (Å²) in [6, 6.07) is 6.58. The van der Waals surface area contributed by atoms with E-state index in [1.807, 2.05) is 0 Å². The van der Waals surface area contributed by atoms with Gasteiger partial charge < -0.3 is 20.1 Å². The van der Waals surface area contributed by atoms with E-state index in [0.717, 1.165) is 18.9 Å². The van der Waals surface area contributed by atoms with E-state index in [0.29, 0.717) is 35.1 Å². The normalized spacial score (nSPS) is 21.0. The van der Waals surface area contributed by atoms with Gasteiger partial charge in [-0.2, -0.15) is 5.10 Å². The second kappa shape index (κ2) is 9.64. The molecule has 2 aliphatic rings. The van der Waals surface area contributed by atoms with E-state index >= 15 is 4.39 Å². The molecule has 0 radical (unpaired) electrons. The smallest absolute Gasteiger partial charge is 0.252 e. The van der Waals surface area contributed by atoms with Gasteiger partial charge in [-0.25, -0.2) is 18.7 Å². The van der Waals surface area contributed by atoms with Crippen LogP contribution in [0.25, 0.3) is 10.9 Å². The van der Waals surface area contributed by atoms with Crippen molar-refractivity contribution in [3.05, 3.63) is 77.2 Å². The predicted molar refractivity (Wildman–Crippen MR) is 135 cm³/mol. The zero-order valence-electron chi connectivity index (χ0n) is 20.8. The van der Waals surface area contributed by atoms with Gasteiger partial charge in [0.1, 0.15) is 5.82 Å². The number of hydrogen-bond acceptors (Lipinski definition) is 7. The minimum absolute atomic E-state index is 0.0795. The summed E-state index contributed by atoms with van der Waals surface area (Å²) in [5, 5.41) is 10.6. The van der Waals surface area contributed by atoms with Gasteiger partial charge in [-0.15, -0.1) is 0 Å². The van der Waals surface area contributed by atoms with Crippen molar-refractivity contribution in [2.24, 2.45) is 13.0 Å². The molecule has 3 heterocycles. The van der Waals surface area contributed by atoms with Gasteiger partial charge in [0, 0.05) is 42.5 Å². The number of nitrogens with one attached hydrogen (secondary N) is 2. The molecule has 1 amide bonds. The largest absolute Gasteiger partial charge is 0.494 e. The Balaban J connectivity index is 1.29. The summed E-state index contributed by atoms with van der Waals surface area (Å²) in [4.78, 5) is 22.1. The van der Waals surface area contributed by atoms with Crippen molar-refractivity contribution in [1.82, 2.24) is 25.1 Å². The molecular weight excluding hydrogens is 494 g/mol. The van der Waals surface area contributed by atoms with Gasteiger partial charge >= 0.3 is 0 Å². The van der Waals surface area contributed by atoms with Crippen molar-refractivity contribution in [1.29, 1.82) is 0 Å². The maximum absolute atomic E-state index is 15.0. The van der Waals surface area contributed by atoms with Crippen LogP contribution < -0.4 is 15.4 Å². The lowest BCUT2D eigenvalue weighted by molar-refractivity contribution is 0.0723. The lowest BCUT2D eigenvalue weighted by Crippen LogP contribution is -2.31. The first-order chi connectivity index (χ1) is 18.4. The Hall–Kier alpha value is -4.12. The van der Waals surface area contributed by atoms with Crippen LogP contribution in [-0.2, 0) is 11.8 Å². The van der Waals surface area contributed by atoms with Gasteiger partial charge in [-0.1, -0.05) is 6.07 Å². The summed E-state index contributed by atoms with van der Waals surface area (Å²) in [6.45, 7) is 0.713. The van der Waals surface area contributed by atoms with Crippen LogP contribution in [-0.4, -0.2) is 51.5 Å². The Morgan fingerprint density at radius 3 is 2.71 bits per heavy atom. The van der Waals surface area contributed by atoms with Crippen molar-refractivity contribution < 1.29 is 23.0 Å². The zero-order chi connectivity index (χ0) is 26.4. The van der Waals surface area contributed by atoms with Crippen LogP contribution >= 0.6 is 0 Å². The highest BCUT2D eigenvalue weighted by Crippen LogP contribution is 2.37. The van der Waals surface area contributed by atoms with Crippen molar-refractivity contribution in [2.75, 3.05) is 19.0 Å². The number of carbonyl (C=O) groups excluding carboxylic acids is 1. The number of rotatable bonds is 7. The molecule has 196 valence electrons. The molecule has 4 atom stereocenters. The highest BCUT2D eigenvalue weighted by molar-refractivity contribution is 5.98. The fraction of sp³-hybridized carbons (Fsp3) is 0.333. The van der Waals surface area contributed by atoms with Crippen molar-refractivity contribution >= 4 is 22.8 Å². The number of methoxy groups -OCH3 is 1. The molecule has 1 saturated carbocycles. The molecule has 3 unspecified atom stereocenters. The lowest BCUT2D eigenvalue weighted by atomic mass is 10.0. The minimum atomic E-state index is -0.738. The van der Waals surface area contributed by atoms with Gasteiger partial charge in [0.15, 0.2) is 11.6 Å². The van der Waals surface area contributed by atoms with Crippen LogP contribution in [0.5, 0.6) is 5.75 Å². The van der Waals surface area contributed by atoms with E-state index in [2.05, 4.69) is 25.7 Å². The lowest BCUT2D eigenvalue weighted by Gasteiger charge is -2.23. The number of aromatic nitrogens is 4. The molecule has 6 rings (SSSR count). The van der Waals surface area contributed by atoms with E-state index in [1.54, 1.807) is 30.2 Å². The van der Waals surface area contributed by atoms with Crippen molar-refractivity contribution in [3.8, 4) is 5.75 Å². The molecule has 1 aliphatic heterocycles. The minimum Gasteiger partial charge on any atom is -0.494 e. The number of halogens is 2. The summed E-state index contributed by atoms with van der Waals surface area (Å²) in [5.41, 5.74) is 1.50. The third kappa shape index (κ3) is 4.53. The second-order valence-electron chi connectivity index (χ2n) is 9.77. The Kier molecular flexibility index (Phi) is 6.15. The predicted octanol–water partition coefficient (Wildman–Crippen LogP) is 3.76.